The Kier molecular flexibility index (Phi) is 10.9. The molecular weight excluding hydrogens is 520 g/mol. The molecule has 11 heteroatoms. The lowest BCUT2D eigenvalue weighted by molar-refractivity contribution is -0.162. The summed E-state index contributed by atoms with van der Waals surface area (Å²) in [6.07, 6.45) is 2.20. The number of Topliss-reactive ketones (excluding diaryl/α,β-unsaturated/α-hetero) is 1. The lowest BCUT2D eigenvalue weighted by Crippen LogP contribution is -2.46. The summed E-state index contributed by atoms with van der Waals surface area (Å²) in [6.45, 7) is 8.11. The molecule has 220 valence electrons. The van der Waals surface area contributed by atoms with Gasteiger partial charge in [-0.15, -0.1) is 0 Å². The Bertz CT molecular complexity index is 1060. The lowest BCUT2D eigenvalue weighted by Gasteiger charge is -2.39. The van der Waals surface area contributed by atoms with E-state index in [0.29, 0.717) is 43.3 Å². The highest BCUT2D eigenvalue weighted by atomic mass is 16.7. The molecule has 0 radical (unpaired) electrons. The fourth-order valence-electron chi connectivity index (χ4n) is 4.81. The molecule has 0 saturated carbocycles. The standard InChI is InChI=1S/C29H40N2O9/c1-5-37-26(34)18-38-23-8-6-21(7-9-23)24(32)17-31-15-12-22(16-25(31)33)20-10-13-30(14-11-20)28(36)40-19-39-27(35)29(2,3)4/h6-9,20,22H,5,10-19H2,1-4H3. The van der Waals surface area contributed by atoms with Crippen molar-refractivity contribution in [1.82, 2.24) is 9.80 Å². The van der Waals surface area contributed by atoms with Gasteiger partial charge in [0.25, 0.3) is 0 Å². The Labute approximate surface area is 235 Å². The molecule has 0 spiro atoms. The molecule has 40 heavy (non-hydrogen) atoms. The number of nitrogens with zero attached hydrogens (tertiary/aromatic N) is 2. The molecule has 2 aliphatic heterocycles. The van der Waals surface area contributed by atoms with E-state index < -0.39 is 30.2 Å². The van der Waals surface area contributed by atoms with Crippen LogP contribution in [-0.4, -0.2) is 85.7 Å². The van der Waals surface area contributed by atoms with Gasteiger partial charge in [0.15, 0.2) is 12.4 Å². The van der Waals surface area contributed by atoms with Gasteiger partial charge in [-0.2, -0.15) is 0 Å². The second-order valence-electron chi connectivity index (χ2n) is 11.1. The molecule has 3 rings (SSSR count). The number of hydrogen-bond acceptors (Lipinski definition) is 9. The van der Waals surface area contributed by atoms with Crippen LogP contribution < -0.4 is 4.74 Å². The smallest absolute Gasteiger partial charge is 0.412 e. The highest BCUT2D eigenvalue weighted by Crippen LogP contribution is 2.33. The van der Waals surface area contributed by atoms with Crippen LogP contribution in [0.1, 0.15) is 63.7 Å². The molecule has 2 heterocycles. The lowest BCUT2D eigenvalue weighted by atomic mass is 9.78. The van der Waals surface area contributed by atoms with Gasteiger partial charge in [-0.3, -0.25) is 14.4 Å². The molecule has 0 aromatic heterocycles. The van der Waals surface area contributed by atoms with E-state index in [2.05, 4.69) is 0 Å². The zero-order valence-electron chi connectivity index (χ0n) is 23.8. The van der Waals surface area contributed by atoms with Crippen LogP contribution in [0.5, 0.6) is 5.75 Å². The molecule has 0 N–H and O–H groups in total. The Morgan fingerprint density at radius 2 is 1.55 bits per heavy atom. The summed E-state index contributed by atoms with van der Waals surface area (Å²) < 4.78 is 20.3. The maximum Gasteiger partial charge on any atom is 0.412 e. The van der Waals surface area contributed by atoms with Gasteiger partial charge < -0.3 is 28.7 Å². The van der Waals surface area contributed by atoms with Crippen molar-refractivity contribution in [3.05, 3.63) is 29.8 Å². The topological polar surface area (TPSA) is 129 Å². The average molecular weight is 561 g/mol. The highest BCUT2D eigenvalue weighted by molar-refractivity contribution is 5.99. The van der Waals surface area contributed by atoms with E-state index in [1.54, 1.807) is 61.8 Å². The normalized spacial score (nSPS) is 18.2. The third-order valence-electron chi connectivity index (χ3n) is 7.18. The van der Waals surface area contributed by atoms with E-state index in [1.165, 1.54) is 0 Å². The summed E-state index contributed by atoms with van der Waals surface area (Å²) >= 11 is 0. The Hall–Kier alpha value is -3.63. The zero-order valence-corrected chi connectivity index (χ0v) is 23.8. The molecule has 1 aromatic carbocycles. The van der Waals surface area contributed by atoms with Crippen molar-refractivity contribution in [3.8, 4) is 5.75 Å². The summed E-state index contributed by atoms with van der Waals surface area (Å²) in [5, 5.41) is 0. The molecule has 2 saturated heterocycles. The molecule has 1 aromatic rings. The van der Waals surface area contributed by atoms with Crippen LogP contribution in [0.3, 0.4) is 0 Å². The fraction of sp³-hybridized carbons (Fsp3) is 0.621. The van der Waals surface area contributed by atoms with Crippen LogP contribution in [0.25, 0.3) is 0 Å². The van der Waals surface area contributed by atoms with Gasteiger partial charge in [-0.25, -0.2) is 9.59 Å². The monoisotopic (exact) mass is 560 g/mol. The van der Waals surface area contributed by atoms with Gasteiger partial charge in [-0.05, 0) is 83.1 Å². The van der Waals surface area contributed by atoms with E-state index in [1.807, 2.05) is 0 Å². The first kappa shape index (κ1) is 30.9. The van der Waals surface area contributed by atoms with Gasteiger partial charge >= 0.3 is 18.0 Å². The van der Waals surface area contributed by atoms with Crippen LogP contribution in [0, 0.1) is 17.3 Å². The van der Waals surface area contributed by atoms with E-state index in [0.717, 1.165) is 19.3 Å². The van der Waals surface area contributed by atoms with Crippen LogP contribution in [0.15, 0.2) is 24.3 Å². The number of benzene rings is 1. The first-order chi connectivity index (χ1) is 19.0. The molecular formula is C29H40N2O9. The van der Waals surface area contributed by atoms with E-state index in [9.17, 15) is 24.0 Å². The molecule has 2 fully saturated rings. The van der Waals surface area contributed by atoms with Crippen molar-refractivity contribution >= 4 is 29.7 Å². The first-order valence-electron chi connectivity index (χ1n) is 13.8. The van der Waals surface area contributed by atoms with Crippen LogP contribution in [0.4, 0.5) is 4.79 Å². The van der Waals surface area contributed by atoms with Gasteiger partial charge in [0, 0.05) is 31.6 Å². The first-order valence-corrected chi connectivity index (χ1v) is 13.8. The quantitative estimate of drug-likeness (QED) is 0.240. The second kappa shape index (κ2) is 14.1. The van der Waals surface area contributed by atoms with Crippen molar-refractivity contribution in [3.63, 3.8) is 0 Å². The third kappa shape index (κ3) is 8.96. The molecule has 2 aliphatic rings. The molecule has 2 amide bonds. The Morgan fingerprint density at radius 1 is 0.900 bits per heavy atom. The van der Waals surface area contributed by atoms with Crippen LogP contribution in [0.2, 0.25) is 0 Å². The summed E-state index contributed by atoms with van der Waals surface area (Å²) in [7, 11) is 0. The maximum absolute atomic E-state index is 12.9. The minimum Gasteiger partial charge on any atom is -0.482 e. The Morgan fingerprint density at radius 3 is 2.15 bits per heavy atom. The number of ether oxygens (including phenoxy) is 4. The maximum atomic E-state index is 12.9. The number of amides is 2. The highest BCUT2D eigenvalue weighted by Gasteiger charge is 2.35. The number of likely N-dealkylation sites (tertiary alicyclic amines) is 2. The van der Waals surface area contributed by atoms with Crippen LogP contribution in [-0.2, 0) is 28.6 Å². The average Bonchev–Trinajstić information content (AvgIpc) is 2.93. The second-order valence-corrected chi connectivity index (χ2v) is 11.1. The van der Waals surface area contributed by atoms with E-state index in [-0.39, 0.29) is 37.4 Å². The fourth-order valence-corrected chi connectivity index (χ4v) is 4.81. The summed E-state index contributed by atoms with van der Waals surface area (Å²) in [5.74, 6) is -0.136. The summed E-state index contributed by atoms with van der Waals surface area (Å²) in [5.41, 5.74) is -0.203. The number of esters is 2. The number of hydrogen-bond donors (Lipinski definition) is 0. The summed E-state index contributed by atoms with van der Waals surface area (Å²) in [6, 6.07) is 6.46. The number of piperidine rings is 2. The molecule has 0 bridgehead atoms. The number of carbonyl (C=O) groups excluding carboxylic acids is 5. The SMILES string of the molecule is CCOC(=O)COc1ccc(C(=O)CN2CCC(C3CCN(C(=O)OCOC(=O)C(C)(C)C)CC3)CC2=O)cc1. The largest absolute Gasteiger partial charge is 0.482 e. The molecule has 1 unspecified atom stereocenters. The van der Waals surface area contributed by atoms with Gasteiger partial charge in [-0.1, -0.05) is 0 Å². The minimum atomic E-state index is -0.667. The van der Waals surface area contributed by atoms with Crippen molar-refractivity contribution in [1.29, 1.82) is 0 Å². The molecule has 1 atom stereocenters. The minimum absolute atomic E-state index is 0.0126. The van der Waals surface area contributed by atoms with Gasteiger partial charge in [0.05, 0.1) is 18.6 Å². The van der Waals surface area contributed by atoms with Gasteiger partial charge in [0.1, 0.15) is 5.75 Å². The zero-order chi connectivity index (χ0) is 29.3. The van der Waals surface area contributed by atoms with Crippen molar-refractivity contribution in [2.75, 3.05) is 46.2 Å². The van der Waals surface area contributed by atoms with Crippen LogP contribution >= 0.6 is 0 Å². The Balaban J connectivity index is 1.38. The number of ketones is 1. The third-order valence-corrected chi connectivity index (χ3v) is 7.18. The van der Waals surface area contributed by atoms with Crippen molar-refractivity contribution in [2.45, 2.75) is 53.4 Å². The predicted molar refractivity (Wildman–Crippen MR) is 143 cm³/mol. The van der Waals surface area contributed by atoms with Crippen molar-refractivity contribution < 1.29 is 42.9 Å². The predicted octanol–water partition coefficient (Wildman–Crippen LogP) is 3.45. The van der Waals surface area contributed by atoms with E-state index >= 15 is 0 Å². The number of rotatable bonds is 10. The number of carbonyl (C=O) groups is 5. The van der Waals surface area contributed by atoms with Crippen molar-refractivity contribution in [2.24, 2.45) is 17.3 Å². The van der Waals surface area contributed by atoms with Gasteiger partial charge in [0.2, 0.25) is 12.7 Å². The summed E-state index contributed by atoms with van der Waals surface area (Å²) in [4.78, 5) is 64.4. The molecule has 0 aliphatic carbocycles. The van der Waals surface area contributed by atoms with E-state index in [4.69, 9.17) is 18.9 Å². The molecule has 11 nitrogen and oxygen atoms in total.